The second-order valence-electron chi connectivity index (χ2n) is 5.15. The summed E-state index contributed by atoms with van der Waals surface area (Å²) in [7, 11) is 0. The molecule has 2 aromatic carbocycles. The summed E-state index contributed by atoms with van der Waals surface area (Å²) in [4.78, 5) is 16.4. The average Bonchev–Trinajstić information content (AvgIpc) is 3.13. The van der Waals surface area contributed by atoms with E-state index in [2.05, 4.69) is 10.3 Å². The number of carbonyl (C=O) groups is 1. The third-order valence-electron chi connectivity index (χ3n) is 3.48. The topological polar surface area (TPSA) is 42.0 Å². The van der Waals surface area contributed by atoms with Crippen molar-refractivity contribution in [2.45, 2.75) is 6.04 Å². The van der Waals surface area contributed by atoms with Gasteiger partial charge in [-0.1, -0.05) is 54.1 Å². The Labute approximate surface area is 149 Å². The molecule has 5 heteroatoms. The molecule has 0 radical (unpaired) electrons. The largest absolute Gasteiger partial charge is 0.342 e. The lowest BCUT2D eigenvalue weighted by atomic mass is 9.98. The van der Waals surface area contributed by atoms with Gasteiger partial charge in [0.2, 0.25) is 5.91 Å². The molecule has 3 nitrogen and oxygen atoms in total. The van der Waals surface area contributed by atoms with Crippen molar-refractivity contribution in [3.8, 4) is 0 Å². The van der Waals surface area contributed by atoms with Crippen molar-refractivity contribution in [2.75, 3.05) is 0 Å². The number of nitrogens with zero attached hydrogens (tertiary/aromatic N) is 1. The van der Waals surface area contributed by atoms with Crippen molar-refractivity contribution in [1.82, 2.24) is 10.3 Å². The van der Waals surface area contributed by atoms with Gasteiger partial charge in [0.25, 0.3) is 0 Å². The average molecular weight is 355 g/mol. The minimum Gasteiger partial charge on any atom is -0.342 e. The molecule has 1 amide bonds. The maximum Gasteiger partial charge on any atom is 0.244 e. The number of halogens is 1. The van der Waals surface area contributed by atoms with Gasteiger partial charge in [0.1, 0.15) is 0 Å². The fraction of sp³-hybridized carbons (Fsp3) is 0.0526. The zero-order valence-electron chi connectivity index (χ0n) is 12.7. The number of hydrogen-bond acceptors (Lipinski definition) is 3. The Hall–Kier alpha value is -2.43. The van der Waals surface area contributed by atoms with Crippen molar-refractivity contribution >= 4 is 34.9 Å². The Bertz CT molecular complexity index is 814. The normalized spacial score (nSPS) is 12.2. The van der Waals surface area contributed by atoms with Crippen molar-refractivity contribution in [2.24, 2.45) is 0 Å². The van der Waals surface area contributed by atoms with E-state index in [4.69, 9.17) is 11.6 Å². The Morgan fingerprint density at radius 1 is 1.08 bits per heavy atom. The fourth-order valence-corrected chi connectivity index (χ4v) is 2.96. The van der Waals surface area contributed by atoms with Crippen LogP contribution < -0.4 is 5.32 Å². The Balaban J connectivity index is 1.82. The number of aromatic nitrogens is 1. The Morgan fingerprint density at radius 2 is 1.79 bits per heavy atom. The number of rotatable bonds is 5. The summed E-state index contributed by atoms with van der Waals surface area (Å²) < 4.78 is 0. The zero-order chi connectivity index (χ0) is 16.8. The van der Waals surface area contributed by atoms with Gasteiger partial charge >= 0.3 is 0 Å². The molecule has 0 saturated heterocycles. The summed E-state index contributed by atoms with van der Waals surface area (Å²) in [5.74, 6) is -0.174. The maximum atomic E-state index is 12.3. The molecule has 0 spiro atoms. The lowest BCUT2D eigenvalue weighted by molar-refractivity contribution is -0.116. The second-order valence-corrected chi connectivity index (χ2v) is 6.31. The van der Waals surface area contributed by atoms with Crippen LogP contribution in [0.2, 0.25) is 5.02 Å². The van der Waals surface area contributed by atoms with Crippen molar-refractivity contribution in [3.63, 3.8) is 0 Å². The van der Waals surface area contributed by atoms with Crippen molar-refractivity contribution in [3.05, 3.63) is 93.4 Å². The first-order valence-electron chi connectivity index (χ1n) is 7.39. The van der Waals surface area contributed by atoms with E-state index in [0.717, 1.165) is 16.8 Å². The van der Waals surface area contributed by atoms with Gasteiger partial charge in [-0.3, -0.25) is 4.79 Å². The predicted molar refractivity (Wildman–Crippen MR) is 99.0 cm³/mol. The summed E-state index contributed by atoms with van der Waals surface area (Å²) in [5.41, 5.74) is 4.49. The predicted octanol–water partition coefficient (Wildman–Crippen LogP) is 4.72. The first-order chi connectivity index (χ1) is 11.7. The highest BCUT2D eigenvalue weighted by atomic mass is 35.5. The first-order valence-corrected chi connectivity index (χ1v) is 8.71. The molecule has 120 valence electrons. The molecular weight excluding hydrogens is 340 g/mol. The molecule has 1 aromatic heterocycles. The zero-order valence-corrected chi connectivity index (χ0v) is 14.3. The van der Waals surface area contributed by atoms with E-state index in [0.29, 0.717) is 5.02 Å². The van der Waals surface area contributed by atoms with Crippen LogP contribution in [-0.4, -0.2) is 10.9 Å². The highest BCUT2D eigenvalue weighted by Crippen LogP contribution is 2.23. The monoisotopic (exact) mass is 354 g/mol. The smallest absolute Gasteiger partial charge is 0.244 e. The highest BCUT2D eigenvalue weighted by Gasteiger charge is 2.15. The van der Waals surface area contributed by atoms with E-state index in [9.17, 15) is 4.79 Å². The first kappa shape index (κ1) is 16.4. The van der Waals surface area contributed by atoms with E-state index >= 15 is 0 Å². The van der Waals surface area contributed by atoms with E-state index in [1.54, 1.807) is 11.6 Å². The van der Waals surface area contributed by atoms with Gasteiger partial charge in [-0.25, -0.2) is 4.98 Å². The third kappa shape index (κ3) is 4.31. The van der Waals surface area contributed by atoms with Crippen molar-refractivity contribution in [1.29, 1.82) is 0 Å². The number of thiazole rings is 1. The molecule has 1 N–H and O–H groups in total. The molecular formula is C19H15ClN2OS. The number of nitrogens with one attached hydrogen (secondary N) is 1. The standard InChI is InChI=1S/C19H15ClN2OS/c20-16-8-6-15(7-9-16)19(14-4-2-1-3-5-14)22-18(23)11-10-17-12-24-13-21-17/h1-13,19H,(H,22,23)/b11-10+. The van der Waals surface area contributed by atoms with Gasteiger partial charge in [0.15, 0.2) is 0 Å². The number of benzene rings is 2. The van der Waals surface area contributed by atoms with Crippen molar-refractivity contribution < 1.29 is 4.79 Å². The van der Waals surface area contributed by atoms with Gasteiger partial charge in [-0.05, 0) is 29.3 Å². The molecule has 1 unspecified atom stereocenters. The van der Waals surface area contributed by atoms with Crippen LogP contribution >= 0.6 is 22.9 Å². The summed E-state index contributed by atoms with van der Waals surface area (Å²) in [6.45, 7) is 0. The number of hydrogen-bond donors (Lipinski definition) is 1. The van der Waals surface area contributed by atoms with Gasteiger partial charge in [0.05, 0.1) is 17.2 Å². The number of carbonyl (C=O) groups excluding carboxylic acids is 1. The van der Waals surface area contributed by atoms with Crippen LogP contribution in [0.15, 0.2) is 71.6 Å². The molecule has 3 aromatic rings. The van der Waals surface area contributed by atoms with Crippen LogP contribution in [-0.2, 0) is 4.79 Å². The molecule has 1 heterocycles. The molecule has 0 aliphatic heterocycles. The summed E-state index contributed by atoms with van der Waals surface area (Å²) in [6.07, 6.45) is 3.21. The van der Waals surface area contributed by atoms with E-state index in [-0.39, 0.29) is 11.9 Å². The molecule has 0 aliphatic carbocycles. The minimum atomic E-state index is -0.240. The van der Waals surface area contributed by atoms with E-state index < -0.39 is 0 Å². The molecule has 1 atom stereocenters. The Morgan fingerprint density at radius 3 is 2.46 bits per heavy atom. The Kier molecular flexibility index (Phi) is 5.41. The van der Waals surface area contributed by atoms with Gasteiger partial charge < -0.3 is 5.32 Å². The molecule has 24 heavy (non-hydrogen) atoms. The molecule has 3 rings (SSSR count). The van der Waals surface area contributed by atoms with Crippen LogP contribution in [0.5, 0.6) is 0 Å². The van der Waals surface area contributed by atoms with Crippen LogP contribution in [0.3, 0.4) is 0 Å². The fourth-order valence-electron chi connectivity index (χ4n) is 2.32. The van der Waals surface area contributed by atoms with Gasteiger partial charge in [0, 0.05) is 16.5 Å². The summed E-state index contributed by atoms with van der Waals surface area (Å²) in [6, 6.07) is 17.1. The highest BCUT2D eigenvalue weighted by molar-refractivity contribution is 7.07. The summed E-state index contributed by atoms with van der Waals surface area (Å²) in [5, 5.41) is 5.59. The minimum absolute atomic E-state index is 0.174. The third-order valence-corrected chi connectivity index (χ3v) is 4.34. The van der Waals surface area contributed by atoms with Crippen LogP contribution in [0.25, 0.3) is 6.08 Å². The molecule has 0 aliphatic rings. The van der Waals surface area contributed by atoms with Gasteiger partial charge in [-0.2, -0.15) is 0 Å². The van der Waals surface area contributed by atoms with Crippen LogP contribution in [0, 0.1) is 0 Å². The molecule has 0 saturated carbocycles. The van der Waals surface area contributed by atoms with E-state index in [1.807, 2.05) is 60.0 Å². The lowest BCUT2D eigenvalue weighted by Gasteiger charge is -2.19. The molecule has 0 bridgehead atoms. The van der Waals surface area contributed by atoms with Crippen LogP contribution in [0.4, 0.5) is 0 Å². The van der Waals surface area contributed by atoms with Gasteiger partial charge in [-0.15, -0.1) is 11.3 Å². The quantitative estimate of drug-likeness (QED) is 0.674. The number of amides is 1. The SMILES string of the molecule is O=C(/C=C/c1cscn1)NC(c1ccccc1)c1ccc(Cl)cc1. The lowest BCUT2D eigenvalue weighted by Crippen LogP contribution is -2.27. The summed E-state index contributed by atoms with van der Waals surface area (Å²) >= 11 is 7.46. The second kappa shape index (κ2) is 7.90. The maximum absolute atomic E-state index is 12.3. The molecule has 0 fully saturated rings. The van der Waals surface area contributed by atoms with E-state index in [1.165, 1.54) is 17.4 Å². The van der Waals surface area contributed by atoms with Crippen LogP contribution in [0.1, 0.15) is 22.9 Å².